The molecule has 360 valence electrons. The van der Waals surface area contributed by atoms with Gasteiger partial charge < -0.3 is 39.0 Å². The van der Waals surface area contributed by atoms with Gasteiger partial charge in [0.25, 0.3) is 5.56 Å². The molecule has 0 saturated carbocycles. The normalized spacial score (nSPS) is 11.6. The lowest BCUT2D eigenvalue weighted by atomic mass is 10.1. The van der Waals surface area contributed by atoms with Gasteiger partial charge >= 0.3 is 11.9 Å². The highest BCUT2D eigenvalue weighted by atomic mass is 32.1. The molecule has 0 radical (unpaired) electrons. The average molecular weight is 956 g/mol. The Bertz CT molecular complexity index is 3000. The number of carboxylic acid groups (broad SMARTS) is 2. The van der Waals surface area contributed by atoms with Crippen LogP contribution in [0, 0.1) is 27.7 Å². The summed E-state index contributed by atoms with van der Waals surface area (Å²) in [4.78, 5) is 68.5. The third kappa shape index (κ3) is 13.3. The van der Waals surface area contributed by atoms with Crippen LogP contribution in [0.2, 0.25) is 0 Å². The van der Waals surface area contributed by atoms with Crippen LogP contribution in [0.25, 0.3) is 43.9 Å². The molecule has 8 aromatic rings. The fourth-order valence-electron chi connectivity index (χ4n) is 6.75. The molecule has 0 aliphatic carbocycles. The van der Waals surface area contributed by atoms with Crippen molar-refractivity contribution < 1.29 is 39.6 Å². The Balaban J connectivity index is 0.000000181. The predicted octanol–water partition coefficient (Wildman–Crippen LogP) is 6.62. The van der Waals surface area contributed by atoms with Crippen LogP contribution in [0.3, 0.4) is 0 Å². The number of carbonyl (C=O) groups excluding carboxylic acids is 2. The molecule has 69 heavy (non-hydrogen) atoms. The smallest absolute Gasteiger partial charge is 0.335 e. The number of nitrogens with zero attached hydrogens (tertiary/aromatic N) is 7. The van der Waals surface area contributed by atoms with Gasteiger partial charge in [0, 0.05) is 51.7 Å². The first kappa shape index (κ1) is 52.2. The quantitative estimate of drug-likeness (QED) is 0.101. The van der Waals surface area contributed by atoms with Gasteiger partial charge in [-0.1, -0.05) is 102 Å². The number of aryl methyl sites for hydroxylation is 4. The zero-order chi connectivity index (χ0) is 50.7. The van der Waals surface area contributed by atoms with E-state index in [1.54, 1.807) is 48.0 Å². The molecule has 5 aromatic heterocycles. The maximum atomic E-state index is 12.3. The van der Waals surface area contributed by atoms with Crippen molar-refractivity contribution in [2.75, 3.05) is 28.2 Å². The van der Waals surface area contributed by atoms with Crippen LogP contribution < -0.4 is 5.56 Å². The van der Waals surface area contributed by atoms with E-state index >= 15 is 0 Å². The van der Waals surface area contributed by atoms with Gasteiger partial charge in [0.1, 0.15) is 11.3 Å². The van der Waals surface area contributed by atoms with Gasteiger partial charge in [-0.3, -0.25) is 18.3 Å². The molecule has 16 nitrogen and oxygen atoms in total. The van der Waals surface area contributed by atoms with Crippen molar-refractivity contribution in [3.63, 3.8) is 0 Å². The van der Waals surface area contributed by atoms with E-state index in [1.165, 1.54) is 22.7 Å². The lowest BCUT2D eigenvalue weighted by Crippen LogP contribution is -2.39. The summed E-state index contributed by atoms with van der Waals surface area (Å²) in [6.45, 7) is 12.4. The summed E-state index contributed by atoms with van der Waals surface area (Å²) >= 11 is 1.48. The highest BCUT2D eigenvalue weighted by Gasteiger charge is 2.29. The lowest BCUT2D eigenvalue weighted by molar-refractivity contribution is -0.165. The molecule has 0 aliphatic heterocycles. The number of aliphatic carboxylic acids is 2. The number of likely N-dealkylation sites (N-methyl/N-ethyl adjacent to an activating group) is 2. The van der Waals surface area contributed by atoms with Gasteiger partial charge in [0.15, 0.2) is 12.2 Å². The summed E-state index contributed by atoms with van der Waals surface area (Å²) in [5, 5.41) is 33.3. The number of allylic oxidation sites excluding steroid dienone is 1. The second kappa shape index (κ2) is 23.3. The molecule has 0 fully saturated rings. The van der Waals surface area contributed by atoms with Crippen LogP contribution >= 0.6 is 11.5 Å². The van der Waals surface area contributed by atoms with Crippen molar-refractivity contribution in [1.29, 1.82) is 0 Å². The Kier molecular flexibility index (Phi) is 17.7. The lowest BCUT2D eigenvalue weighted by Gasteiger charge is -2.11. The van der Waals surface area contributed by atoms with Crippen LogP contribution in [0.1, 0.15) is 33.6 Å². The topological polar surface area (TPSA) is 212 Å². The standard InChI is InChI=1S/2C19H21N3O.C10H9NOS.C4H6O6/c2*1-13-5-8-15(9-6-13)19-16(11-18(23)21(3)4)22-12-14(2)7-10-17(22)20-19;1-2-7-11-10(12)8-5-3-4-6-9(8)13-11;5-1(3(7)8)2(6)4(9)10/h2*5-10,12H,11H2,1-4H3;2-6H,1,7H2;1-2,5-6H,(H,7,8)(H,9,10). The van der Waals surface area contributed by atoms with E-state index in [9.17, 15) is 24.0 Å². The number of aromatic nitrogens is 5. The summed E-state index contributed by atoms with van der Waals surface area (Å²) in [5.74, 6) is -3.40. The average Bonchev–Trinajstić information content (AvgIpc) is 3.96. The molecule has 0 aliphatic rings. The summed E-state index contributed by atoms with van der Waals surface area (Å²) in [5.41, 5.74) is 12.2. The number of carbonyl (C=O) groups is 4. The minimum absolute atomic E-state index is 0.0710. The van der Waals surface area contributed by atoms with Crippen LogP contribution in [0.15, 0.2) is 127 Å². The van der Waals surface area contributed by atoms with Crippen LogP contribution in [0.4, 0.5) is 0 Å². The number of carboxylic acids is 2. The van der Waals surface area contributed by atoms with E-state index in [0.717, 1.165) is 66.4 Å². The van der Waals surface area contributed by atoms with Crippen molar-refractivity contribution in [3.8, 4) is 22.5 Å². The third-order valence-electron chi connectivity index (χ3n) is 10.7. The zero-order valence-corrected chi connectivity index (χ0v) is 40.6. The maximum absolute atomic E-state index is 12.3. The second-order valence-electron chi connectivity index (χ2n) is 16.7. The molecule has 0 spiro atoms. The molecule has 2 atom stereocenters. The minimum Gasteiger partial charge on any atom is -0.479 e. The SMILES string of the molecule is C=CCn1sc2ccccc2c1=O.Cc1ccc(-c2nc3ccc(C)cn3c2CC(=O)N(C)C)cc1.Cc1ccc(-c2nc3ccc(C)cn3c2CC(=O)N(C)C)cc1.O=C(O)C(O)C(O)C(=O)O. The number of amides is 2. The molecule has 17 heteroatoms. The fourth-order valence-corrected chi connectivity index (χ4v) is 7.74. The first-order chi connectivity index (χ1) is 32.7. The number of imidazole rings is 2. The molecule has 2 amide bonds. The molecular weight excluding hydrogens is 899 g/mol. The summed E-state index contributed by atoms with van der Waals surface area (Å²) < 4.78 is 6.81. The van der Waals surface area contributed by atoms with Crippen molar-refractivity contribution in [1.82, 2.24) is 32.5 Å². The number of hydrogen-bond donors (Lipinski definition) is 4. The van der Waals surface area contributed by atoms with Crippen LogP contribution in [-0.4, -0.2) is 117 Å². The summed E-state index contributed by atoms with van der Waals surface area (Å²) in [6.07, 6.45) is 1.95. The Labute approximate surface area is 403 Å². The number of hydrogen-bond acceptors (Lipinski definition) is 10. The van der Waals surface area contributed by atoms with E-state index < -0.39 is 24.1 Å². The molecular formula is C52H57N7O9S. The van der Waals surface area contributed by atoms with Crippen LogP contribution in [0.5, 0.6) is 0 Å². The highest BCUT2D eigenvalue weighted by molar-refractivity contribution is 7.13. The molecule has 4 N–H and O–H groups in total. The van der Waals surface area contributed by atoms with E-state index in [4.69, 9.17) is 30.4 Å². The maximum Gasteiger partial charge on any atom is 0.335 e. The third-order valence-corrected chi connectivity index (χ3v) is 11.8. The molecule has 0 bridgehead atoms. The van der Waals surface area contributed by atoms with Crippen LogP contribution in [-0.2, 0) is 38.6 Å². The first-order valence-electron chi connectivity index (χ1n) is 21.7. The van der Waals surface area contributed by atoms with Gasteiger partial charge in [0.2, 0.25) is 11.8 Å². The Morgan fingerprint density at radius 3 is 1.38 bits per heavy atom. The van der Waals surface area contributed by atoms with Crippen molar-refractivity contribution in [2.45, 2.75) is 59.3 Å². The van der Waals surface area contributed by atoms with Gasteiger partial charge in [-0.2, -0.15) is 0 Å². The molecule has 0 saturated heterocycles. The Morgan fingerprint density at radius 2 is 1.01 bits per heavy atom. The van der Waals surface area contributed by atoms with E-state index in [-0.39, 0.29) is 17.4 Å². The number of aliphatic hydroxyl groups is 2. The number of rotatable bonds is 11. The first-order valence-corrected chi connectivity index (χ1v) is 22.5. The highest BCUT2D eigenvalue weighted by Crippen LogP contribution is 2.28. The number of fused-ring (bicyclic) bond motifs is 3. The summed E-state index contributed by atoms with van der Waals surface area (Å²) in [6, 6.07) is 32.3. The number of pyridine rings is 2. The van der Waals surface area contributed by atoms with Gasteiger partial charge in [-0.15, -0.1) is 6.58 Å². The van der Waals surface area contributed by atoms with Gasteiger partial charge in [0.05, 0.1) is 52.2 Å². The number of aliphatic hydroxyl groups excluding tert-OH is 2. The van der Waals surface area contributed by atoms with E-state index in [1.807, 2.05) is 83.6 Å². The zero-order valence-electron chi connectivity index (χ0n) is 39.8. The summed E-state index contributed by atoms with van der Waals surface area (Å²) in [7, 11) is 7.12. The fraction of sp³-hybridized carbons (Fsp3) is 0.250. The van der Waals surface area contributed by atoms with E-state index in [0.29, 0.717) is 19.4 Å². The van der Waals surface area contributed by atoms with Crippen molar-refractivity contribution in [3.05, 3.63) is 166 Å². The van der Waals surface area contributed by atoms with Gasteiger partial charge in [-0.25, -0.2) is 19.6 Å². The Morgan fingerprint density at radius 1 is 0.623 bits per heavy atom. The number of benzene rings is 3. The monoisotopic (exact) mass is 955 g/mol. The molecule has 8 rings (SSSR count). The molecule has 3 aromatic carbocycles. The minimum atomic E-state index is -2.27. The predicted molar refractivity (Wildman–Crippen MR) is 269 cm³/mol. The molecule has 2 unspecified atom stereocenters. The van der Waals surface area contributed by atoms with Crippen molar-refractivity contribution >= 4 is 56.7 Å². The second-order valence-corrected chi connectivity index (χ2v) is 17.7. The van der Waals surface area contributed by atoms with E-state index in [2.05, 4.69) is 69.0 Å². The largest absolute Gasteiger partial charge is 0.479 e. The van der Waals surface area contributed by atoms with Crippen molar-refractivity contribution in [2.24, 2.45) is 0 Å². The van der Waals surface area contributed by atoms with Gasteiger partial charge in [-0.05, 0) is 63.1 Å². The molecule has 5 heterocycles. The Hall–Kier alpha value is -7.73.